The van der Waals surface area contributed by atoms with Gasteiger partial charge in [0, 0.05) is 60.0 Å². The number of hydrogen-bond donors (Lipinski definition) is 2. The first-order valence-corrected chi connectivity index (χ1v) is 12.0. The predicted octanol–water partition coefficient (Wildman–Crippen LogP) is 4.15. The summed E-state index contributed by atoms with van der Waals surface area (Å²) >= 11 is 0. The van der Waals surface area contributed by atoms with E-state index in [0.717, 1.165) is 34.1 Å². The number of ether oxygens (including phenoxy) is 1. The number of piperidine rings is 1. The van der Waals surface area contributed by atoms with Crippen LogP contribution in [0.15, 0.2) is 77.7 Å². The number of aromatic nitrogens is 2. The number of aromatic amines is 1. The number of hydrogen-bond acceptors (Lipinski definition) is 4. The molecule has 0 saturated carbocycles. The number of nitrogens with zero attached hydrogens (tertiary/aromatic N) is 2. The van der Waals surface area contributed by atoms with Gasteiger partial charge in [-0.2, -0.15) is 0 Å². The zero-order valence-electron chi connectivity index (χ0n) is 19.3. The summed E-state index contributed by atoms with van der Waals surface area (Å²) in [7, 11) is 0. The Morgan fingerprint density at radius 3 is 2.74 bits per heavy atom. The molecule has 1 fully saturated rings. The number of pyridine rings is 1. The fraction of sp³-hybridized carbons (Fsp3) is 0.286. The van der Waals surface area contributed by atoms with Crippen molar-refractivity contribution in [2.24, 2.45) is 5.92 Å². The van der Waals surface area contributed by atoms with Crippen molar-refractivity contribution in [2.75, 3.05) is 13.1 Å². The van der Waals surface area contributed by atoms with Crippen molar-refractivity contribution >= 4 is 16.9 Å². The molecule has 4 aromatic rings. The number of carbonyl (C=O) groups is 1. The maximum atomic E-state index is 12.6. The largest absolute Gasteiger partial charge is 0.489 e. The topological polar surface area (TPSA) is 87.6 Å². The van der Waals surface area contributed by atoms with Crippen LogP contribution in [0, 0.1) is 5.92 Å². The Bertz CT molecular complexity index is 1440. The van der Waals surface area contributed by atoms with Crippen molar-refractivity contribution in [3.05, 3.63) is 100 Å². The van der Waals surface area contributed by atoms with Crippen LogP contribution in [0.4, 0.5) is 0 Å². The maximum absolute atomic E-state index is 12.6. The number of fused-ring (bicyclic) bond motifs is 5. The van der Waals surface area contributed by atoms with Crippen LogP contribution in [0.5, 0.6) is 5.75 Å². The highest BCUT2D eigenvalue weighted by Gasteiger charge is 2.40. The summed E-state index contributed by atoms with van der Waals surface area (Å²) in [5.41, 5.74) is 3.73. The Labute approximate surface area is 202 Å². The third kappa shape index (κ3) is 4.02. The third-order valence-electron chi connectivity index (χ3n) is 7.34. The van der Waals surface area contributed by atoms with Gasteiger partial charge in [0.05, 0.1) is 0 Å². The number of carboxylic acid groups (broad SMARTS) is 1. The molecular formula is C28H27N3O4. The van der Waals surface area contributed by atoms with Crippen LogP contribution in [-0.4, -0.2) is 38.6 Å². The minimum absolute atomic E-state index is 0.0279. The Morgan fingerprint density at radius 1 is 1.06 bits per heavy atom. The summed E-state index contributed by atoms with van der Waals surface area (Å²) in [4.78, 5) is 30.3. The highest BCUT2D eigenvalue weighted by Crippen LogP contribution is 2.40. The van der Waals surface area contributed by atoms with E-state index < -0.39 is 12.0 Å². The highest BCUT2D eigenvalue weighted by atomic mass is 16.5. The number of carboxylic acids is 1. The van der Waals surface area contributed by atoms with Gasteiger partial charge in [0.15, 0.2) is 0 Å². The fourth-order valence-corrected chi connectivity index (χ4v) is 5.81. The molecule has 6 rings (SSSR count). The van der Waals surface area contributed by atoms with Gasteiger partial charge in [-0.15, -0.1) is 0 Å². The summed E-state index contributed by atoms with van der Waals surface area (Å²) in [6.07, 6.45) is 2.80. The second kappa shape index (κ2) is 8.74. The number of benzene rings is 2. The summed E-state index contributed by atoms with van der Waals surface area (Å²) in [6.45, 7) is 2.33. The molecule has 178 valence electrons. The molecule has 1 saturated heterocycles. The van der Waals surface area contributed by atoms with Gasteiger partial charge in [-0.3, -0.25) is 14.5 Å². The van der Waals surface area contributed by atoms with Gasteiger partial charge in [0.2, 0.25) is 0 Å². The van der Waals surface area contributed by atoms with Crippen LogP contribution in [0.25, 0.3) is 10.9 Å². The minimum Gasteiger partial charge on any atom is -0.489 e. The van der Waals surface area contributed by atoms with E-state index in [1.165, 1.54) is 0 Å². The average Bonchev–Trinajstić information content (AvgIpc) is 3.27. The van der Waals surface area contributed by atoms with Crippen LogP contribution in [0.1, 0.15) is 35.2 Å². The van der Waals surface area contributed by atoms with Gasteiger partial charge in [0.25, 0.3) is 5.56 Å². The van der Waals surface area contributed by atoms with Gasteiger partial charge in [-0.05, 0) is 42.2 Å². The summed E-state index contributed by atoms with van der Waals surface area (Å²) in [5.74, 6) is 0.230. The molecule has 7 heteroatoms. The van der Waals surface area contributed by atoms with E-state index in [1.807, 2.05) is 65.4 Å². The summed E-state index contributed by atoms with van der Waals surface area (Å²) < 4.78 is 7.88. The van der Waals surface area contributed by atoms with Crippen LogP contribution in [-0.2, 0) is 17.9 Å². The van der Waals surface area contributed by atoms with E-state index in [2.05, 4.69) is 9.88 Å². The van der Waals surface area contributed by atoms with Crippen LogP contribution in [0.2, 0.25) is 0 Å². The molecule has 2 aliphatic rings. The zero-order chi connectivity index (χ0) is 23.9. The lowest BCUT2D eigenvalue weighted by atomic mass is 9.82. The number of nitrogens with one attached hydrogen (secondary N) is 1. The van der Waals surface area contributed by atoms with Crippen molar-refractivity contribution in [2.45, 2.75) is 31.5 Å². The van der Waals surface area contributed by atoms with E-state index in [0.29, 0.717) is 32.0 Å². The molecule has 7 nitrogen and oxygen atoms in total. The lowest BCUT2D eigenvalue weighted by Crippen LogP contribution is -2.49. The lowest BCUT2D eigenvalue weighted by molar-refractivity contribution is -0.144. The van der Waals surface area contributed by atoms with Gasteiger partial charge >= 0.3 is 5.97 Å². The summed E-state index contributed by atoms with van der Waals surface area (Å²) in [5, 5.41) is 11.2. The van der Waals surface area contributed by atoms with Gasteiger partial charge < -0.3 is 19.4 Å². The fourth-order valence-electron chi connectivity index (χ4n) is 5.81. The monoisotopic (exact) mass is 469 g/mol. The van der Waals surface area contributed by atoms with Crippen molar-refractivity contribution in [3.8, 4) is 5.75 Å². The second-order valence-corrected chi connectivity index (χ2v) is 9.62. The molecule has 3 atom stereocenters. The van der Waals surface area contributed by atoms with Crippen molar-refractivity contribution in [1.82, 2.24) is 14.5 Å². The first-order chi connectivity index (χ1) is 17.1. The molecule has 2 aromatic carbocycles. The van der Waals surface area contributed by atoms with Gasteiger partial charge in [-0.1, -0.05) is 36.4 Å². The number of rotatable bonds is 6. The minimum atomic E-state index is -0.869. The SMILES string of the molecule is O=C(O)[C@@H](c1c[nH]c2ccc(OCc3ccccc3)cc12)N1C[C@H]2C[C@H](C1)c1cccc(=O)n1C2. The highest BCUT2D eigenvalue weighted by molar-refractivity contribution is 5.90. The molecule has 0 amide bonds. The Morgan fingerprint density at radius 2 is 1.91 bits per heavy atom. The predicted molar refractivity (Wildman–Crippen MR) is 133 cm³/mol. The van der Waals surface area contributed by atoms with E-state index >= 15 is 0 Å². The van der Waals surface area contributed by atoms with Gasteiger partial charge in [0.1, 0.15) is 18.4 Å². The molecule has 4 heterocycles. The molecule has 0 radical (unpaired) electrons. The molecule has 2 aliphatic heterocycles. The Hall–Kier alpha value is -3.84. The lowest BCUT2D eigenvalue weighted by Gasteiger charge is -2.44. The van der Waals surface area contributed by atoms with Crippen molar-refractivity contribution in [1.29, 1.82) is 0 Å². The number of aliphatic carboxylic acids is 1. The molecule has 35 heavy (non-hydrogen) atoms. The molecule has 0 aliphatic carbocycles. The quantitative estimate of drug-likeness (QED) is 0.443. The maximum Gasteiger partial charge on any atom is 0.325 e. The van der Waals surface area contributed by atoms with E-state index in [9.17, 15) is 14.7 Å². The smallest absolute Gasteiger partial charge is 0.325 e. The normalized spacial score (nSPS) is 20.3. The van der Waals surface area contributed by atoms with E-state index in [-0.39, 0.29) is 17.4 Å². The number of likely N-dealkylation sites (tertiary alicyclic amines) is 1. The Kier molecular flexibility index (Phi) is 5.41. The summed E-state index contributed by atoms with van der Waals surface area (Å²) in [6, 6.07) is 20.4. The van der Waals surface area contributed by atoms with Crippen LogP contribution < -0.4 is 10.3 Å². The number of H-pyrrole nitrogens is 1. The van der Waals surface area contributed by atoms with E-state index in [4.69, 9.17) is 4.74 Å². The molecular weight excluding hydrogens is 442 g/mol. The molecule has 0 unspecified atom stereocenters. The molecule has 2 aromatic heterocycles. The first-order valence-electron chi connectivity index (χ1n) is 12.0. The van der Waals surface area contributed by atoms with Crippen molar-refractivity contribution in [3.63, 3.8) is 0 Å². The van der Waals surface area contributed by atoms with Crippen molar-refractivity contribution < 1.29 is 14.6 Å². The van der Waals surface area contributed by atoms with Crippen LogP contribution >= 0.6 is 0 Å². The third-order valence-corrected chi connectivity index (χ3v) is 7.34. The average molecular weight is 470 g/mol. The molecule has 0 spiro atoms. The first kappa shape index (κ1) is 21.7. The molecule has 2 N–H and O–H groups in total. The molecule has 2 bridgehead atoms. The standard InChI is InChI=1S/C28H27N3O4/c32-26-8-4-7-25-20-11-19(15-31(25)26)14-30(16-20)27(28(33)34)23-13-29-24-10-9-21(12-22(23)24)35-17-18-5-2-1-3-6-18/h1-10,12-13,19-20,27,29H,11,14-17H2,(H,33,34)/t19-,20-,27-/m1/s1. The Balaban J connectivity index is 1.30. The second-order valence-electron chi connectivity index (χ2n) is 9.62. The van der Waals surface area contributed by atoms with Crippen LogP contribution in [0.3, 0.4) is 0 Å². The van der Waals surface area contributed by atoms with E-state index in [1.54, 1.807) is 12.1 Å². The zero-order valence-corrected chi connectivity index (χ0v) is 19.3. The van der Waals surface area contributed by atoms with Gasteiger partial charge in [-0.25, -0.2) is 0 Å².